The molecule has 2 fully saturated rings. The van der Waals surface area contributed by atoms with E-state index in [0.717, 1.165) is 12.0 Å². The highest BCUT2D eigenvalue weighted by Gasteiger charge is 2.48. The van der Waals surface area contributed by atoms with E-state index < -0.39 is 23.5 Å². The van der Waals surface area contributed by atoms with Crippen molar-refractivity contribution in [3.63, 3.8) is 0 Å². The predicted octanol–water partition coefficient (Wildman–Crippen LogP) is 0.532. The average Bonchev–Trinajstić information content (AvgIpc) is 3.30. The number of nitrogens with one attached hydrogen (secondary N) is 2. The van der Waals surface area contributed by atoms with E-state index in [4.69, 9.17) is 10.5 Å². The van der Waals surface area contributed by atoms with Gasteiger partial charge in [0.1, 0.15) is 11.8 Å². The second-order valence-electron chi connectivity index (χ2n) is 9.79. The van der Waals surface area contributed by atoms with Crippen molar-refractivity contribution in [1.82, 2.24) is 15.1 Å². The quantitative estimate of drug-likeness (QED) is 0.471. The summed E-state index contributed by atoms with van der Waals surface area (Å²) < 4.78 is 0. The summed E-state index contributed by atoms with van der Waals surface area (Å²) in [4.78, 5) is 30.3. The van der Waals surface area contributed by atoms with Crippen LogP contribution in [0.1, 0.15) is 38.3 Å². The summed E-state index contributed by atoms with van der Waals surface area (Å²) in [5.74, 6) is -0.687. The van der Waals surface area contributed by atoms with E-state index in [-0.39, 0.29) is 30.3 Å². The monoisotopic (exact) mass is 430 g/mol. The van der Waals surface area contributed by atoms with Crippen molar-refractivity contribution in [1.29, 1.82) is 5.41 Å². The van der Waals surface area contributed by atoms with E-state index in [2.05, 4.69) is 10.2 Å². The molecular formula is C23H34N4O4. The maximum absolute atomic E-state index is 13.5. The smallest absolute Gasteiger partial charge is 0.270 e. The molecule has 2 amide bonds. The van der Waals surface area contributed by atoms with Gasteiger partial charge in [-0.2, -0.15) is 0 Å². The van der Waals surface area contributed by atoms with Crippen LogP contribution in [0.2, 0.25) is 0 Å². The van der Waals surface area contributed by atoms with Crippen molar-refractivity contribution < 1.29 is 19.8 Å². The number of nitrogens with zero attached hydrogens (tertiary/aromatic N) is 2. The zero-order chi connectivity index (χ0) is 22.9. The highest BCUT2D eigenvalue weighted by molar-refractivity contribution is 6.44. The van der Waals surface area contributed by atoms with Crippen LogP contribution in [-0.2, 0) is 9.59 Å². The predicted molar refractivity (Wildman–Crippen MR) is 118 cm³/mol. The van der Waals surface area contributed by atoms with E-state index in [9.17, 15) is 14.7 Å². The molecule has 2 aliphatic heterocycles. The van der Waals surface area contributed by atoms with Crippen LogP contribution in [0, 0.1) is 17.7 Å². The van der Waals surface area contributed by atoms with Crippen LogP contribution in [0.15, 0.2) is 24.3 Å². The molecule has 170 valence electrons. The third-order valence-corrected chi connectivity index (χ3v) is 6.32. The minimum absolute atomic E-state index is 0.0287. The SMILES string of the molecule is Cc1ccccc1C(=N)C(=O)NC(C(=O)N1CC2CC1CN2CC(O)CO)C(C)(C)C. The number of β-amino-alcohol motifs (C(OH)–C–C–N with tert-alkyl or cyclic N) is 1. The normalized spacial score (nSPS) is 23.0. The summed E-state index contributed by atoms with van der Waals surface area (Å²) in [6, 6.07) is 6.66. The van der Waals surface area contributed by atoms with Gasteiger partial charge in [0.25, 0.3) is 5.91 Å². The van der Waals surface area contributed by atoms with Crippen molar-refractivity contribution in [3.05, 3.63) is 35.4 Å². The maximum atomic E-state index is 13.5. The number of likely N-dealkylation sites (tertiary alicyclic amines) is 2. The largest absolute Gasteiger partial charge is 0.394 e. The fourth-order valence-electron chi connectivity index (χ4n) is 4.56. The molecule has 1 aromatic carbocycles. The molecule has 8 heteroatoms. The number of fused-ring (bicyclic) bond motifs is 2. The summed E-state index contributed by atoms with van der Waals surface area (Å²) in [6.45, 7) is 8.89. The second-order valence-corrected chi connectivity index (χ2v) is 9.79. The van der Waals surface area contributed by atoms with Crippen molar-refractivity contribution >= 4 is 17.5 Å². The Hall–Kier alpha value is -2.29. The number of carbonyl (C=O) groups excluding carboxylic acids is 2. The van der Waals surface area contributed by atoms with Gasteiger partial charge in [-0.05, 0) is 24.3 Å². The standard InChI is InChI=1S/C23H34N4O4/c1-14-7-5-6-8-18(14)19(24)21(30)25-20(23(2,3)4)22(31)27-11-15-9-16(27)10-26(15)12-17(29)13-28/h5-8,15-17,20,24,28-29H,9-13H2,1-4H3,(H,25,30). The van der Waals surface area contributed by atoms with Gasteiger partial charge >= 0.3 is 0 Å². The minimum Gasteiger partial charge on any atom is -0.394 e. The van der Waals surface area contributed by atoms with Crippen LogP contribution in [0.4, 0.5) is 0 Å². The van der Waals surface area contributed by atoms with E-state index >= 15 is 0 Å². The topological polar surface area (TPSA) is 117 Å². The van der Waals surface area contributed by atoms with Gasteiger partial charge in [0.15, 0.2) is 0 Å². The Morgan fingerprint density at radius 2 is 1.90 bits per heavy atom. The van der Waals surface area contributed by atoms with Crippen LogP contribution in [0.5, 0.6) is 0 Å². The second kappa shape index (κ2) is 9.06. The fourth-order valence-corrected chi connectivity index (χ4v) is 4.56. The Morgan fingerprint density at radius 3 is 2.45 bits per heavy atom. The molecule has 31 heavy (non-hydrogen) atoms. The van der Waals surface area contributed by atoms with E-state index in [1.165, 1.54) is 0 Å². The molecule has 1 aromatic rings. The van der Waals surface area contributed by atoms with Crippen LogP contribution in [-0.4, -0.2) is 88.0 Å². The third kappa shape index (κ3) is 4.97. The van der Waals surface area contributed by atoms with Crippen LogP contribution < -0.4 is 5.32 Å². The lowest BCUT2D eigenvalue weighted by Crippen LogP contribution is -2.59. The molecule has 4 N–H and O–H groups in total. The number of carbonyl (C=O) groups is 2. The molecule has 2 heterocycles. The number of aliphatic hydroxyl groups is 2. The van der Waals surface area contributed by atoms with E-state index in [1.54, 1.807) is 12.1 Å². The number of hydrogen-bond acceptors (Lipinski definition) is 6. The van der Waals surface area contributed by atoms with Crippen LogP contribution in [0.3, 0.4) is 0 Å². The first-order chi connectivity index (χ1) is 14.5. The van der Waals surface area contributed by atoms with Crippen molar-refractivity contribution in [3.8, 4) is 0 Å². The number of hydrogen-bond donors (Lipinski definition) is 4. The highest BCUT2D eigenvalue weighted by atomic mass is 16.3. The van der Waals surface area contributed by atoms with Gasteiger partial charge in [0, 0.05) is 37.3 Å². The average molecular weight is 431 g/mol. The van der Waals surface area contributed by atoms with Gasteiger partial charge in [0.2, 0.25) is 5.91 Å². The van der Waals surface area contributed by atoms with Gasteiger partial charge in [-0.15, -0.1) is 0 Å². The number of aryl methyl sites for hydroxylation is 1. The summed E-state index contributed by atoms with van der Waals surface area (Å²) >= 11 is 0. The molecule has 2 bridgehead atoms. The van der Waals surface area contributed by atoms with Crippen molar-refractivity contribution in [2.75, 3.05) is 26.2 Å². The molecule has 0 spiro atoms. The maximum Gasteiger partial charge on any atom is 0.270 e. The molecule has 4 unspecified atom stereocenters. The zero-order valence-electron chi connectivity index (χ0n) is 18.8. The number of aliphatic hydroxyl groups excluding tert-OH is 2. The molecule has 3 rings (SSSR count). The number of piperazine rings is 1. The lowest BCUT2D eigenvalue weighted by molar-refractivity contribution is -0.140. The van der Waals surface area contributed by atoms with Crippen LogP contribution >= 0.6 is 0 Å². The molecule has 0 aliphatic carbocycles. The molecule has 2 aliphatic rings. The lowest BCUT2D eigenvalue weighted by Gasteiger charge is -2.39. The molecule has 0 aromatic heterocycles. The third-order valence-electron chi connectivity index (χ3n) is 6.32. The van der Waals surface area contributed by atoms with Crippen molar-refractivity contribution in [2.45, 2.75) is 58.3 Å². The Bertz CT molecular complexity index is 850. The van der Waals surface area contributed by atoms with Crippen molar-refractivity contribution in [2.24, 2.45) is 5.41 Å². The lowest BCUT2D eigenvalue weighted by atomic mass is 9.85. The summed E-state index contributed by atoms with van der Waals surface area (Å²) in [7, 11) is 0. The Morgan fingerprint density at radius 1 is 1.23 bits per heavy atom. The summed E-state index contributed by atoms with van der Waals surface area (Å²) in [5.41, 5.74) is 0.724. The van der Waals surface area contributed by atoms with E-state index in [0.29, 0.717) is 25.2 Å². The number of amides is 2. The molecule has 0 saturated carbocycles. The molecule has 8 nitrogen and oxygen atoms in total. The van der Waals surface area contributed by atoms with Gasteiger partial charge < -0.3 is 20.4 Å². The van der Waals surface area contributed by atoms with Gasteiger partial charge in [-0.1, -0.05) is 45.0 Å². The summed E-state index contributed by atoms with van der Waals surface area (Å²) in [6.07, 6.45) is 0.0471. The van der Waals surface area contributed by atoms with Gasteiger partial charge in [0.05, 0.1) is 12.7 Å². The Labute approximate surface area is 183 Å². The molecule has 4 atom stereocenters. The van der Waals surface area contributed by atoms with Gasteiger partial charge in [-0.25, -0.2) is 0 Å². The first-order valence-corrected chi connectivity index (χ1v) is 10.8. The van der Waals surface area contributed by atoms with Crippen LogP contribution in [0.25, 0.3) is 0 Å². The minimum atomic E-state index is -0.780. The fraction of sp³-hybridized carbons (Fsp3) is 0.609. The Kier molecular flexibility index (Phi) is 6.83. The number of benzene rings is 1. The van der Waals surface area contributed by atoms with E-state index in [1.807, 2.05) is 44.7 Å². The molecule has 2 saturated heterocycles. The first-order valence-electron chi connectivity index (χ1n) is 10.8. The molecular weight excluding hydrogens is 396 g/mol. The molecule has 0 radical (unpaired) electrons. The number of rotatable bonds is 7. The Balaban J connectivity index is 1.70. The highest BCUT2D eigenvalue weighted by Crippen LogP contribution is 2.33. The summed E-state index contributed by atoms with van der Waals surface area (Å²) in [5, 5.41) is 30.0. The zero-order valence-corrected chi connectivity index (χ0v) is 18.8. The first kappa shape index (κ1) is 23.4. The van der Waals surface area contributed by atoms with Gasteiger partial charge in [-0.3, -0.25) is 19.9 Å².